The summed E-state index contributed by atoms with van der Waals surface area (Å²) in [4.78, 5) is 4.30. The smallest absolute Gasteiger partial charge is 0.226 e. The van der Waals surface area contributed by atoms with Gasteiger partial charge in [-0.2, -0.15) is 4.98 Å². The van der Waals surface area contributed by atoms with Gasteiger partial charge in [0.15, 0.2) is 15.7 Å². The van der Waals surface area contributed by atoms with Crippen molar-refractivity contribution in [3.8, 4) is 0 Å². The quantitative estimate of drug-likeness (QED) is 0.848. The second-order valence-electron chi connectivity index (χ2n) is 4.11. The molecule has 7 heteroatoms. The zero-order valence-corrected chi connectivity index (χ0v) is 11.9. The van der Waals surface area contributed by atoms with E-state index >= 15 is 0 Å². The highest BCUT2D eigenvalue weighted by Crippen LogP contribution is 2.16. The Hall–Kier alpha value is -1.40. The van der Waals surface area contributed by atoms with Crippen molar-refractivity contribution in [3.05, 3.63) is 41.0 Å². The van der Waals surface area contributed by atoms with E-state index in [1.54, 1.807) is 19.1 Å². The highest BCUT2D eigenvalue weighted by molar-refractivity contribution is 7.91. The van der Waals surface area contributed by atoms with Gasteiger partial charge < -0.3 is 4.52 Å². The van der Waals surface area contributed by atoms with Crippen molar-refractivity contribution < 1.29 is 12.9 Å². The second kappa shape index (κ2) is 5.71. The Kier molecular flexibility index (Phi) is 4.21. The van der Waals surface area contributed by atoms with Gasteiger partial charge in [0, 0.05) is 11.4 Å². The van der Waals surface area contributed by atoms with Gasteiger partial charge in [-0.3, -0.25) is 0 Å². The number of rotatable bonds is 5. The summed E-state index contributed by atoms with van der Waals surface area (Å²) in [6, 6.07) is 6.15. The third kappa shape index (κ3) is 3.78. The van der Waals surface area contributed by atoms with Crippen LogP contribution in [-0.4, -0.2) is 24.3 Å². The van der Waals surface area contributed by atoms with Crippen LogP contribution in [0.2, 0.25) is 5.02 Å². The van der Waals surface area contributed by atoms with Crippen LogP contribution in [0.15, 0.2) is 33.7 Å². The molecule has 0 fully saturated rings. The predicted octanol–water partition coefficient (Wildman–Crippen LogP) is 2.44. The number of aryl methyl sites for hydroxylation is 2. The monoisotopic (exact) mass is 300 g/mol. The first kappa shape index (κ1) is 14.0. The van der Waals surface area contributed by atoms with Crippen LogP contribution in [0.4, 0.5) is 0 Å². The standard InChI is InChI=1S/C12H13ClN2O3S/c1-9-14-12(18-15-9)3-2-8-19(16,17)11-6-4-10(13)5-7-11/h4-7H,2-3,8H2,1H3. The summed E-state index contributed by atoms with van der Waals surface area (Å²) < 4.78 is 29.0. The molecule has 1 aromatic carbocycles. The second-order valence-corrected chi connectivity index (χ2v) is 6.66. The Morgan fingerprint density at radius 3 is 2.53 bits per heavy atom. The molecule has 0 aliphatic carbocycles. The third-order valence-corrected chi connectivity index (χ3v) is 4.61. The number of nitrogens with zero attached hydrogens (tertiary/aromatic N) is 2. The zero-order chi connectivity index (χ0) is 13.9. The molecule has 102 valence electrons. The summed E-state index contributed by atoms with van der Waals surface area (Å²) >= 11 is 5.73. The van der Waals surface area contributed by atoms with Crippen molar-refractivity contribution in [1.29, 1.82) is 0 Å². The largest absolute Gasteiger partial charge is 0.339 e. The minimum Gasteiger partial charge on any atom is -0.339 e. The molecule has 0 radical (unpaired) electrons. The van der Waals surface area contributed by atoms with Crippen LogP contribution in [0.25, 0.3) is 0 Å². The van der Waals surface area contributed by atoms with Gasteiger partial charge in [-0.1, -0.05) is 16.8 Å². The Morgan fingerprint density at radius 1 is 1.26 bits per heavy atom. The lowest BCUT2D eigenvalue weighted by molar-refractivity contribution is 0.374. The molecule has 0 atom stereocenters. The van der Waals surface area contributed by atoms with Gasteiger partial charge in [0.2, 0.25) is 5.89 Å². The molecule has 0 bridgehead atoms. The molecular formula is C12H13ClN2O3S. The highest BCUT2D eigenvalue weighted by atomic mass is 35.5. The Bertz CT molecular complexity index is 650. The fourth-order valence-electron chi connectivity index (χ4n) is 1.61. The Morgan fingerprint density at radius 2 is 1.95 bits per heavy atom. The van der Waals surface area contributed by atoms with Crippen molar-refractivity contribution in [3.63, 3.8) is 0 Å². The van der Waals surface area contributed by atoms with Gasteiger partial charge in [-0.15, -0.1) is 0 Å². The van der Waals surface area contributed by atoms with E-state index in [-0.39, 0.29) is 10.6 Å². The fraction of sp³-hybridized carbons (Fsp3) is 0.333. The van der Waals surface area contributed by atoms with Crippen molar-refractivity contribution >= 4 is 21.4 Å². The molecule has 0 aliphatic rings. The third-order valence-electron chi connectivity index (χ3n) is 2.55. The van der Waals surface area contributed by atoms with Crippen molar-refractivity contribution in [1.82, 2.24) is 10.1 Å². The first-order valence-electron chi connectivity index (χ1n) is 5.75. The molecule has 5 nitrogen and oxygen atoms in total. The van der Waals surface area contributed by atoms with E-state index in [0.717, 1.165) is 0 Å². The van der Waals surface area contributed by atoms with Gasteiger partial charge in [0.1, 0.15) is 0 Å². The highest BCUT2D eigenvalue weighted by Gasteiger charge is 2.14. The van der Waals surface area contributed by atoms with Gasteiger partial charge in [0.05, 0.1) is 10.6 Å². The number of benzene rings is 1. The predicted molar refractivity (Wildman–Crippen MR) is 70.9 cm³/mol. The normalized spacial score (nSPS) is 11.7. The van der Waals surface area contributed by atoms with Crippen molar-refractivity contribution in [2.75, 3.05) is 5.75 Å². The van der Waals surface area contributed by atoms with Crippen LogP contribution in [0, 0.1) is 6.92 Å². The van der Waals surface area contributed by atoms with Gasteiger partial charge in [-0.25, -0.2) is 8.42 Å². The van der Waals surface area contributed by atoms with Crippen LogP contribution in [0.5, 0.6) is 0 Å². The van der Waals surface area contributed by atoms with Gasteiger partial charge in [-0.05, 0) is 37.6 Å². The molecule has 0 amide bonds. The van der Waals surface area contributed by atoms with Crippen LogP contribution >= 0.6 is 11.6 Å². The molecule has 2 aromatic rings. The number of aromatic nitrogens is 2. The summed E-state index contributed by atoms with van der Waals surface area (Å²) in [5.41, 5.74) is 0. The zero-order valence-electron chi connectivity index (χ0n) is 10.3. The van der Waals surface area contributed by atoms with E-state index < -0.39 is 9.84 Å². The average Bonchev–Trinajstić information content (AvgIpc) is 2.75. The molecular weight excluding hydrogens is 288 g/mol. The van der Waals surface area contributed by atoms with Crippen molar-refractivity contribution in [2.45, 2.75) is 24.7 Å². The lowest BCUT2D eigenvalue weighted by atomic mass is 10.3. The van der Waals surface area contributed by atoms with Crippen molar-refractivity contribution in [2.24, 2.45) is 0 Å². The topological polar surface area (TPSA) is 73.1 Å². The van der Waals surface area contributed by atoms with Crippen LogP contribution in [0.1, 0.15) is 18.1 Å². The molecule has 0 unspecified atom stereocenters. The molecule has 1 aromatic heterocycles. The van der Waals surface area contributed by atoms with E-state index in [1.807, 2.05) is 0 Å². The molecule has 2 rings (SSSR count). The maximum absolute atomic E-state index is 12.0. The van der Waals surface area contributed by atoms with E-state index in [2.05, 4.69) is 10.1 Å². The minimum absolute atomic E-state index is 0.0378. The lowest BCUT2D eigenvalue weighted by Gasteiger charge is -2.03. The Labute approximate surface area is 116 Å². The maximum Gasteiger partial charge on any atom is 0.226 e. The van der Waals surface area contributed by atoms with E-state index in [9.17, 15) is 8.42 Å². The van der Waals surface area contributed by atoms with Gasteiger partial charge >= 0.3 is 0 Å². The summed E-state index contributed by atoms with van der Waals surface area (Å²) in [7, 11) is -3.29. The first-order valence-corrected chi connectivity index (χ1v) is 7.78. The number of sulfone groups is 1. The Balaban J connectivity index is 1.96. The summed E-state index contributed by atoms with van der Waals surface area (Å²) in [5, 5.41) is 4.16. The molecule has 0 saturated carbocycles. The summed E-state index contributed by atoms with van der Waals surface area (Å²) in [6.45, 7) is 1.72. The lowest BCUT2D eigenvalue weighted by Crippen LogP contribution is -2.07. The van der Waals surface area contributed by atoms with Crippen LogP contribution in [0.3, 0.4) is 0 Å². The van der Waals surface area contributed by atoms with Gasteiger partial charge in [0.25, 0.3) is 0 Å². The average molecular weight is 301 g/mol. The molecule has 0 N–H and O–H groups in total. The molecule has 19 heavy (non-hydrogen) atoms. The summed E-state index contributed by atoms with van der Waals surface area (Å²) in [6.07, 6.45) is 0.889. The van der Waals surface area contributed by atoms with Crippen LogP contribution in [-0.2, 0) is 16.3 Å². The van der Waals surface area contributed by atoms with E-state index in [0.29, 0.717) is 29.6 Å². The maximum atomic E-state index is 12.0. The SMILES string of the molecule is Cc1noc(CCCS(=O)(=O)c2ccc(Cl)cc2)n1. The first-order chi connectivity index (χ1) is 8.97. The minimum atomic E-state index is -3.29. The number of hydrogen-bond donors (Lipinski definition) is 0. The van der Waals surface area contributed by atoms with E-state index in [4.69, 9.17) is 16.1 Å². The van der Waals surface area contributed by atoms with E-state index in [1.165, 1.54) is 12.1 Å². The fourth-order valence-corrected chi connectivity index (χ4v) is 3.05. The number of halogens is 1. The summed E-state index contributed by atoms with van der Waals surface area (Å²) in [5.74, 6) is 1.05. The van der Waals surface area contributed by atoms with Crippen LogP contribution < -0.4 is 0 Å². The molecule has 0 saturated heterocycles. The molecule has 0 spiro atoms. The molecule has 0 aliphatic heterocycles. The molecule has 1 heterocycles. The number of hydrogen-bond acceptors (Lipinski definition) is 5.